The second-order valence-electron chi connectivity index (χ2n) is 3.29. The summed E-state index contributed by atoms with van der Waals surface area (Å²) in [5.74, 6) is -0.425. The number of pyridine rings is 1. The Morgan fingerprint density at radius 2 is 2.21 bits per heavy atom. The van der Waals surface area contributed by atoms with E-state index in [2.05, 4.69) is 4.98 Å². The molecule has 0 saturated carbocycles. The highest BCUT2D eigenvalue weighted by molar-refractivity contribution is 5.93. The maximum Gasteiger partial charge on any atom is 0.248 e. The molecule has 0 unspecified atom stereocenters. The zero-order valence-corrected chi connectivity index (χ0v) is 8.11. The lowest BCUT2D eigenvalue weighted by Gasteiger charge is -1.98. The van der Waals surface area contributed by atoms with Gasteiger partial charge in [0, 0.05) is 17.5 Å². The average Bonchev–Trinajstić information content (AvgIpc) is 2.42. The van der Waals surface area contributed by atoms with E-state index in [-0.39, 0.29) is 0 Å². The van der Waals surface area contributed by atoms with Gasteiger partial charge in [0.15, 0.2) is 0 Å². The van der Waals surface area contributed by atoms with Gasteiger partial charge < -0.3 is 10.1 Å². The number of carbonyl (C=O) groups excluding carboxylic acids is 1. The van der Waals surface area contributed by atoms with Gasteiger partial charge in [0.25, 0.3) is 0 Å². The Morgan fingerprint density at radius 1 is 1.50 bits per heavy atom. The number of aryl methyl sites for hydroxylation is 2. The Labute approximate surface area is 81.4 Å². The lowest BCUT2D eigenvalue weighted by molar-refractivity contribution is 0.100. The number of nitrogens with two attached hydrogens (primary N) is 1. The highest BCUT2D eigenvalue weighted by Gasteiger charge is 2.06. The fourth-order valence-corrected chi connectivity index (χ4v) is 1.44. The van der Waals surface area contributed by atoms with Crippen LogP contribution >= 0.6 is 0 Å². The van der Waals surface area contributed by atoms with Gasteiger partial charge in [0.05, 0.1) is 5.69 Å². The zero-order valence-electron chi connectivity index (χ0n) is 8.11. The van der Waals surface area contributed by atoms with E-state index < -0.39 is 5.91 Å². The molecule has 2 aromatic rings. The first-order valence-corrected chi connectivity index (χ1v) is 4.34. The van der Waals surface area contributed by atoms with Crippen molar-refractivity contribution in [2.24, 2.45) is 5.73 Å². The molecule has 2 rings (SSSR count). The minimum atomic E-state index is -0.425. The number of rotatable bonds is 1. The Balaban J connectivity index is 2.73. The molecule has 4 heteroatoms. The molecule has 0 radical (unpaired) electrons. The van der Waals surface area contributed by atoms with E-state index in [9.17, 15) is 4.79 Å². The lowest BCUT2D eigenvalue weighted by Crippen LogP contribution is -2.11. The molecule has 14 heavy (non-hydrogen) atoms. The molecule has 4 nitrogen and oxygen atoms in total. The van der Waals surface area contributed by atoms with Crippen molar-refractivity contribution in [1.29, 1.82) is 0 Å². The number of carbonyl (C=O) groups is 1. The molecule has 0 aromatic carbocycles. The highest BCUT2D eigenvalue weighted by Crippen LogP contribution is 2.12. The number of imidazole rings is 1. The third-order valence-electron chi connectivity index (χ3n) is 2.39. The van der Waals surface area contributed by atoms with Crippen molar-refractivity contribution in [3.8, 4) is 0 Å². The van der Waals surface area contributed by atoms with Crippen LogP contribution in [0, 0.1) is 13.8 Å². The molecule has 0 aliphatic heterocycles. The standard InChI is InChI=1S/C10H11N3O/c1-6-7(2)13-4-3-8(10(11)14)5-9(13)12-6/h3-5H,1-2H3,(H2,11,14). The summed E-state index contributed by atoms with van der Waals surface area (Å²) in [4.78, 5) is 15.2. The topological polar surface area (TPSA) is 60.4 Å². The number of amides is 1. The minimum Gasteiger partial charge on any atom is -0.366 e. The van der Waals surface area contributed by atoms with Gasteiger partial charge in [-0.1, -0.05) is 0 Å². The molecule has 0 spiro atoms. The molecule has 0 atom stereocenters. The summed E-state index contributed by atoms with van der Waals surface area (Å²) < 4.78 is 1.93. The molecule has 72 valence electrons. The molecule has 2 heterocycles. The minimum absolute atomic E-state index is 0.425. The van der Waals surface area contributed by atoms with Gasteiger partial charge in [0.2, 0.25) is 5.91 Å². The third kappa shape index (κ3) is 1.16. The molecule has 0 fully saturated rings. The first kappa shape index (κ1) is 8.74. The van der Waals surface area contributed by atoms with Crippen LogP contribution < -0.4 is 5.73 Å². The average molecular weight is 189 g/mol. The summed E-state index contributed by atoms with van der Waals surface area (Å²) in [6, 6.07) is 3.39. The van der Waals surface area contributed by atoms with Crippen molar-refractivity contribution in [3.63, 3.8) is 0 Å². The van der Waals surface area contributed by atoms with E-state index in [1.54, 1.807) is 12.1 Å². The predicted octanol–water partition coefficient (Wildman–Crippen LogP) is 1.05. The normalized spacial score (nSPS) is 10.7. The van der Waals surface area contributed by atoms with Crippen molar-refractivity contribution < 1.29 is 4.79 Å². The Morgan fingerprint density at radius 3 is 2.86 bits per heavy atom. The quantitative estimate of drug-likeness (QED) is 0.728. The molecule has 1 amide bonds. The highest BCUT2D eigenvalue weighted by atomic mass is 16.1. The van der Waals surface area contributed by atoms with Gasteiger partial charge in [-0.3, -0.25) is 4.79 Å². The van der Waals surface area contributed by atoms with Crippen LogP contribution in [-0.4, -0.2) is 15.3 Å². The second-order valence-corrected chi connectivity index (χ2v) is 3.29. The van der Waals surface area contributed by atoms with Gasteiger partial charge in [-0.15, -0.1) is 0 Å². The summed E-state index contributed by atoms with van der Waals surface area (Å²) in [6.07, 6.45) is 1.81. The van der Waals surface area contributed by atoms with Crippen molar-refractivity contribution >= 4 is 11.6 Å². The molecular weight excluding hydrogens is 178 g/mol. The third-order valence-corrected chi connectivity index (χ3v) is 2.39. The van der Waals surface area contributed by atoms with Gasteiger partial charge in [-0.2, -0.15) is 0 Å². The van der Waals surface area contributed by atoms with Crippen LogP contribution in [0.4, 0.5) is 0 Å². The second kappa shape index (κ2) is 2.83. The molecule has 2 aromatic heterocycles. The van der Waals surface area contributed by atoms with Crippen LogP contribution in [-0.2, 0) is 0 Å². The van der Waals surface area contributed by atoms with Crippen molar-refractivity contribution in [2.75, 3.05) is 0 Å². The van der Waals surface area contributed by atoms with Crippen LogP contribution in [0.15, 0.2) is 18.3 Å². The van der Waals surface area contributed by atoms with E-state index in [0.717, 1.165) is 17.0 Å². The first-order chi connectivity index (χ1) is 6.59. The van der Waals surface area contributed by atoms with Gasteiger partial charge in [-0.25, -0.2) is 4.98 Å². The van der Waals surface area contributed by atoms with E-state index in [4.69, 9.17) is 5.73 Å². The Hall–Kier alpha value is -1.84. The van der Waals surface area contributed by atoms with Gasteiger partial charge in [0.1, 0.15) is 5.65 Å². The summed E-state index contributed by atoms with van der Waals surface area (Å²) >= 11 is 0. The monoisotopic (exact) mass is 189 g/mol. The lowest BCUT2D eigenvalue weighted by atomic mass is 10.2. The van der Waals surface area contributed by atoms with E-state index in [0.29, 0.717) is 5.56 Å². The largest absolute Gasteiger partial charge is 0.366 e. The van der Waals surface area contributed by atoms with Gasteiger partial charge >= 0.3 is 0 Å². The van der Waals surface area contributed by atoms with Crippen LogP contribution in [0.5, 0.6) is 0 Å². The fourth-order valence-electron chi connectivity index (χ4n) is 1.44. The summed E-state index contributed by atoms with van der Waals surface area (Å²) in [5.41, 5.74) is 8.47. The maximum atomic E-state index is 10.9. The molecule has 0 aliphatic carbocycles. The molecule has 0 bridgehead atoms. The maximum absolute atomic E-state index is 10.9. The number of aromatic nitrogens is 2. The molecule has 0 saturated heterocycles. The van der Waals surface area contributed by atoms with E-state index >= 15 is 0 Å². The number of hydrogen-bond acceptors (Lipinski definition) is 2. The predicted molar refractivity (Wildman–Crippen MR) is 53.2 cm³/mol. The van der Waals surface area contributed by atoms with E-state index in [1.807, 2.05) is 24.4 Å². The first-order valence-electron chi connectivity index (χ1n) is 4.34. The molecular formula is C10H11N3O. The van der Waals surface area contributed by atoms with Crippen LogP contribution in [0.2, 0.25) is 0 Å². The Kier molecular flexibility index (Phi) is 1.77. The fraction of sp³-hybridized carbons (Fsp3) is 0.200. The number of fused-ring (bicyclic) bond motifs is 1. The number of primary amides is 1. The van der Waals surface area contributed by atoms with E-state index in [1.165, 1.54) is 0 Å². The zero-order chi connectivity index (χ0) is 10.3. The van der Waals surface area contributed by atoms with Crippen LogP contribution in [0.3, 0.4) is 0 Å². The summed E-state index contributed by atoms with van der Waals surface area (Å²) in [5, 5.41) is 0. The van der Waals surface area contributed by atoms with Gasteiger partial charge in [-0.05, 0) is 26.0 Å². The molecule has 0 aliphatic rings. The van der Waals surface area contributed by atoms with Crippen molar-refractivity contribution in [1.82, 2.24) is 9.38 Å². The number of nitrogens with zero attached hydrogens (tertiary/aromatic N) is 2. The van der Waals surface area contributed by atoms with Crippen LogP contribution in [0.1, 0.15) is 21.7 Å². The Bertz CT molecular complexity index is 513. The van der Waals surface area contributed by atoms with Crippen LogP contribution in [0.25, 0.3) is 5.65 Å². The smallest absolute Gasteiger partial charge is 0.248 e. The molecule has 2 N–H and O–H groups in total. The SMILES string of the molecule is Cc1nc2cc(C(N)=O)ccn2c1C. The van der Waals surface area contributed by atoms with Crippen molar-refractivity contribution in [2.45, 2.75) is 13.8 Å². The number of hydrogen-bond donors (Lipinski definition) is 1. The summed E-state index contributed by atoms with van der Waals surface area (Å²) in [6.45, 7) is 3.92. The summed E-state index contributed by atoms with van der Waals surface area (Å²) in [7, 11) is 0. The van der Waals surface area contributed by atoms with Crippen molar-refractivity contribution in [3.05, 3.63) is 35.3 Å².